The van der Waals surface area contributed by atoms with Gasteiger partial charge in [-0.25, -0.2) is 0 Å². The summed E-state index contributed by atoms with van der Waals surface area (Å²) < 4.78 is 5.13. The second kappa shape index (κ2) is 7.55. The van der Waals surface area contributed by atoms with Crippen LogP contribution >= 0.6 is 11.8 Å². The highest BCUT2D eigenvalue weighted by Gasteiger charge is 2.11. The van der Waals surface area contributed by atoms with Crippen molar-refractivity contribution in [2.75, 3.05) is 12.3 Å². The van der Waals surface area contributed by atoms with Crippen LogP contribution in [0.3, 0.4) is 0 Å². The van der Waals surface area contributed by atoms with Crippen LogP contribution in [0.1, 0.15) is 27.2 Å². The van der Waals surface area contributed by atoms with Crippen molar-refractivity contribution in [1.29, 1.82) is 5.26 Å². The molecule has 0 saturated carbocycles. The highest BCUT2D eigenvalue weighted by molar-refractivity contribution is 7.98. The highest BCUT2D eigenvalue weighted by atomic mass is 32.2. The Morgan fingerprint density at radius 3 is 2.90 bits per heavy atom. The molecule has 0 unspecified atom stereocenters. The molecule has 5 heteroatoms. The Kier molecular flexibility index (Phi) is 5.47. The molecule has 0 radical (unpaired) electrons. The summed E-state index contributed by atoms with van der Waals surface area (Å²) >= 11 is 1.68. The number of furan rings is 1. The fraction of sp³-hybridized carbons (Fsp3) is 0.250. The van der Waals surface area contributed by atoms with Crippen molar-refractivity contribution in [1.82, 2.24) is 5.32 Å². The summed E-state index contributed by atoms with van der Waals surface area (Å²) in [4.78, 5) is 11.8. The van der Waals surface area contributed by atoms with Crippen LogP contribution in [0, 0.1) is 18.3 Å². The zero-order chi connectivity index (χ0) is 15.1. The van der Waals surface area contributed by atoms with Gasteiger partial charge in [0.15, 0.2) is 5.76 Å². The molecular weight excluding hydrogens is 284 g/mol. The third-order valence-corrected chi connectivity index (χ3v) is 4.00. The van der Waals surface area contributed by atoms with E-state index in [4.69, 9.17) is 9.68 Å². The number of rotatable bonds is 6. The van der Waals surface area contributed by atoms with Gasteiger partial charge in [-0.1, -0.05) is 18.2 Å². The molecule has 1 amide bonds. The molecule has 1 heterocycles. The molecule has 4 nitrogen and oxygen atoms in total. The summed E-state index contributed by atoms with van der Waals surface area (Å²) in [6, 6.07) is 11.5. The van der Waals surface area contributed by atoms with Crippen molar-refractivity contribution >= 4 is 17.7 Å². The van der Waals surface area contributed by atoms with Gasteiger partial charge in [-0.2, -0.15) is 17.0 Å². The van der Waals surface area contributed by atoms with Gasteiger partial charge in [0.05, 0.1) is 17.9 Å². The zero-order valence-electron chi connectivity index (χ0n) is 11.8. The number of carbonyl (C=O) groups is 1. The Morgan fingerprint density at radius 2 is 2.19 bits per heavy atom. The minimum absolute atomic E-state index is 0.185. The molecule has 1 N–H and O–H groups in total. The van der Waals surface area contributed by atoms with Gasteiger partial charge in [0, 0.05) is 23.6 Å². The van der Waals surface area contributed by atoms with Crippen molar-refractivity contribution < 1.29 is 9.21 Å². The number of hydrogen-bond donors (Lipinski definition) is 1. The normalized spacial score (nSPS) is 10.1. The molecular formula is C16H16N2O2S. The number of benzene rings is 1. The third kappa shape index (κ3) is 4.14. The average molecular weight is 300 g/mol. The van der Waals surface area contributed by atoms with E-state index in [0.29, 0.717) is 17.9 Å². The van der Waals surface area contributed by atoms with E-state index in [1.807, 2.05) is 31.2 Å². The van der Waals surface area contributed by atoms with E-state index in [9.17, 15) is 4.79 Å². The van der Waals surface area contributed by atoms with E-state index >= 15 is 0 Å². The lowest BCUT2D eigenvalue weighted by Gasteiger charge is -2.05. The lowest BCUT2D eigenvalue weighted by molar-refractivity contribution is 0.0927. The largest absolute Gasteiger partial charge is 0.459 e. The van der Waals surface area contributed by atoms with Gasteiger partial charge < -0.3 is 9.73 Å². The van der Waals surface area contributed by atoms with Crippen LogP contribution in [-0.4, -0.2) is 18.2 Å². The average Bonchev–Trinajstić information content (AvgIpc) is 2.93. The second-order valence-electron chi connectivity index (χ2n) is 4.51. The molecule has 1 aromatic carbocycles. The topological polar surface area (TPSA) is 66.0 Å². The Morgan fingerprint density at radius 1 is 1.38 bits per heavy atom. The number of thioether (sulfide) groups is 1. The molecule has 0 atom stereocenters. The second-order valence-corrected chi connectivity index (χ2v) is 5.62. The molecule has 21 heavy (non-hydrogen) atoms. The summed E-state index contributed by atoms with van der Waals surface area (Å²) in [7, 11) is 0. The van der Waals surface area contributed by atoms with Gasteiger partial charge >= 0.3 is 0 Å². The number of aryl methyl sites for hydroxylation is 1. The summed E-state index contributed by atoms with van der Waals surface area (Å²) in [6.45, 7) is 2.41. The Labute approximate surface area is 128 Å². The molecule has 2 rings (SSSR count). The van der Waals surface area contributed by atoms with Crippen LogP contribution in [0.5, 0.6) is 0 Å². The van der Waals surface area contributed by atoms with Crippen molar-refractivity contribution in [2.24, 2.45) is 0 Å². The molecule has 0 aliphatic rings. The number of carbonyl (C=O) groups excluding carboxylic acids is 1. The zero-order valence-corrected chi connectivity index (χ0v) is 12.6. The molecule has 1 aromatic heterocycles. The van der Waals surface area contributed by atoms with E-state index in [1.54, 1.807) is 17.8 Å². The smallest absolute Gasteiger partial charge is 0.287 e. The lowest BCUT2D eigenvalue weighted by atomic mass is 10.1. The van der Waals surface area contributed by atoms with Crippen molar-refractivity contribution in [3.63, 3.8) is 0 Å². The molecule has 0 aliphatic carbocycles. The highest BCUT2D eigenvalue weighted by Crippen LogP contribution is 2.15. The Hall–Kier alpha value is -2.19. The fourth-order valence-electron chi connectivity index (χ4n) is 1.86. The first-order valence-corrected chi connectivity index (χ1v) is 7.76. The summed E-state index contributed by atoms with van der Waals surface area (Å²) in [6.07, 6.45) is 1.51. The van der Waals surface area contributed by atoms with Crippen LogP contribution in [0.25, 0.3) is 0 Å². The first-order valence-electron chi connectivity index (χ1n) is 6.60. The number of nitrogens with one attached hydrogen (secondary N) is 1. The predicted octanol–water partition coefficient (Wildman–Crippen LogP) is 3.12. The fourth-order valence-corrected chi connectivity index (χ4v) is 2.72. The maximum absolute atomic E-state index is 11.8. The molecule has 0 fully saturated rings. The van der Waals surface area contributed by atoms with E-state index in [-0.39, 0.29) is 5.91 Å². The van der Waals surface area contributed by atoms with Crippen LogP contribution < -0.4 is 5.32 Å². The van der Waals surface area contributed by atoms with Gasteiger partial charge in [-0.3, -0.25) is 4.79 Å². The van der Waals surface area contributed by atoms with Gasteiger partial charge in [-0.05, 0) is 24.6 Å². The van der Waals surface area contributed by atoms with E-state index in [1.165, 1.54) is 6.26 Å². The monoisotopic (exact) mass is 300 g/mol. The van der Waals surface area contributed by atoms with Crippen molar-refractivity contribution in [3.05, 3.63) is 59.0 Å². The predicted molar refractivity (Wildman–Crippen MR) is 83.1 cm³/mol. The van der Waals surface area contributed by atoms with Crippen LogP contribution in [0.4, 0.5) is 0 Å². The molecule has 0 saturated heterocycles. The summed E-state index contributed by atoms with van der Waals surface area (Å²) in [5, 5.41) is 11.8. The SMILES string of the molecule is Cc1ccoc1C(=O)NCCSCc1ccccc1C#N. The first kappa shape index (κ1) is 15.2. The Bertz CT molecular complexity index is 658. The number of nitrogens with zero attached hydrogens (tertiary/aromatic N) is 1. The lowest BCUT2D eigenvalue weighted by Crippen LogP contribution is -2.25. The third-order valence-electron chi connectivity index (χ3n) is 3.00. The van der Waals surface area contributed by atoms with E-state index in [0.717, 1.165) is 22.6 Å². The molecule has 0 spiro atoms. The van der Waals surface area contributed by atoms with Crippen LogP contribution in [0.15, 0.2) is 41.0 Å². The van der Waals surface area contributed by atoms with Crippen molar-refractivity contribution in [3.8, 4) is 6.07 Å². The maximum atomic E-state index is 11.8. The van der Waals surface area contributed by atoms with E-state index < -0.39 is 0 Å². The molecule has 0 aliphatic heterocycles. The first-order chi connectivity index (χ1) is 10.2. The van der Waals surface area contributed by atoms with Gasteiger partial charge in [0.2, 0.25) is 0 Å². The number of amides is 1. The van der Waals surface area contributed by atoms with Crippen LogP contribution in [0.2, 0.25) is 0 Å². The standard InChI is InChI=1S/C16H16N2O2S/c1-12-6-8-20-15(12)16(19)18-7-9-21-11-14-5-3-2-4-13(14)10-17/h2-6,8H,7,9,11H2,1H3,(H,18,19). The molecule has 0 bridgehead atoms. The number of nitriles is 1. The summed E-state index contributed by atoms with van der Waals surface area (Å²) in [5.74, 6) is 1.73. The number of hydrogen-bond acceptors (Lipinski definition) is 4. The maximum Gasteiger partial charge on any atom is 0.287 e. The van der Waals surface area contributed by atoms with Gasteiger partial charge in [0.1, 0.15) is 0 Å². The minimum atomic E-state index is -0.185. The van der Waals surface area contributed by atoms with Crippen LogP contribution in [-0.2, 0) is 5.75 Å². The quantitative estimate of drug-likeness (QED) is 0.832. The Balaban J connectivity index is 1.72. The van der Waals surface area contributed by atoms with Crippen molar-refractivity contribution in [2.45, 2.75) is 12.7 Å². The minimum Gasteiger partial charge on any atom is -0.459 e. The van der Waals surface area contributed by atoms with E-state index in [2.05, 4.69) is 11.4 Å². The molecule has 2 aromatic rings. The summed E-state index contributed by atoms with van der Waals surface area (Å²) in [5.41, 5.74) is 2.57. The van der Waals surface area contributed by atoms with Gasteiger partial charge in [-0.15, -0.1) is 0 Å². The molecule has 108 valence electrons. The van der Waals surface area contributed by atoms with Gasteiger partial charge in [0.25, 0.3) is 5.91 Å².